The second-order valence-electron chi connectivity index (χ2n) is 7.15. The van der Waals surface area contributed by atoms with Gasteiger partial charge in [-0.3, -0.25) is 9.78 Å². The van der Waals surface area contributed by atoms with Crippen LogP contribution in [0.3, 0.4) is 0 Å². The van der Waals surface area contributed by atoms with Gasteiger partial charge in [0.15, 0.2) is 0 Å². The Bertz CT molecular complexity index is 914. The summed E-state index contributed by atoms with van der Waals surface area (Å²) in [5.74, 6) is 1.14. The molecule has 1 aromatic carbocycles. The van der Waals surface area contributed by atoms with Gasteiger partial charge in [0.25, 0.3) is 5.89 Å². The number of carbonyl (C=O) groups excluding carboxylic acids is 1. The Morgan fingerprint density at radius 2 is 2.00 bits per heavy atom. The highest BCUT2D eigenvalue weighted by atomic mass is 16.5. The normalized spacial score (nSPS) is 16.7. The number of likely N-dealkylation sites (tertiary alicyclic amines) is 1. The topological polar surface area (TPSA) is 81.4 Å². The van der Waals surface area contributed by atoms with Crippen LogP contribution in [0.4, 0.5) is 0 Å². The van der Waals surface area contributed by atoms with Crippen molar-refractivity contribution in [1.82, 2.24) is 20.0 Å². The van der Waals surface area contributed by atoms with Gasteiger partial charge in [0.05, 0.1) is 6.10 Å². The van der Waals surface area contributed by atoms with Gasteiger partial charge >= 0.3 is 0 Å². The van der Waals surface area contributed by atoms with E-state index in [2.05, 4.69) is 27.3 Å². The molecule has 7 nitrogen and oxygen atoms in total. The summed E-state index contributed by atoms with van der Waals surface area (Å²) in [5, 5.41) is 3.99. The number of pyridine rings is 1. The number of piperidine rings is 1. The summed E-state index contributed by atoms with van der Waals surface area (Å²) < 4.78 is 11.2. The molecule has 1 amide bonds. The van der Waals surface area contributed by atoms with Crippen LogP contribution in [0, 0.1) is 0 Å². The largest absolute Gasteiger partial charge is 0.367 e. The molecule has 0 N–H and O–H groups in total. The van der Waals surface area contributed by atoms with Crippen LogP contribution in [-0.4, -0.2) is 45.1 Å². The van der Waals surface area contributed by atoms with Gasteiger partial charge in [-0.15, -0.1) is 0 Å². The number of amides is 1. The summed E-state index contributed by atoms with van der Waals surface area (Å²) in [7, 11) is 0. The fourth-order valence-corrected chi connectivity index (χ4v) is 3.48. The average Bonchev–Trinajstić information content (AvgIpc) is 3.27. The lowest BCUT2D eigenvalue weighted by Gasteiger charge is -2.32. The van der Waals surface area contributed by atoms with Gasteiger partial charge in [0.1, 0.15) is 6.61 Å². The van der Waals surface area contributed by atoms with E-state index in [4.69, 9.17) is 9.26 Å². The van der Waals surface area contributed by atoms with Crippen LogP contribution in [0.2, 0.25) is 0 Å². The maximum atomic E-state index is 12.6. The zero-order valence-corrected chi connectivity index (χ0v) is 16.2. The molecule has 1 unspecified atom stereocenters. The Morgan fingerprint density at radius 3 is 2.83 bits per heavy atom. The summed E-state index contributed by atoms with van der Waals surface area (Å²) in [6, 6.07) is 13.8. The molecule has 1 aliphatic rings. The predicted octanol–water partition coefficient (Wildman–Crippen LogP) is 3.27. The van der Waals surface area contributed by atoms with Crippen molar-refractivity contribution in [3.05, 3.63) is 66.3 Å². The monoisotopic (exact) mass is 392 g/mol. The molecule has 3 heterocycles. The van der Waals surface area contributed by atoms with Crippen molar-refractivity contribution >= 4 is 5.91 Å². The molecular formula is C22H24N4O3. The minimum Gasteiger partial charge on any atom is -0.367 e. The highest BCUT2D eigenvalue weighted by molar-refractivity contribution is 5.76. The lowest BCUT2D eigenvalue weighted by molar-refractivity contribution is -0.135. The molecule has 1 aliphatic heterocycles. The number of ether oxygens (including phenoxy) is 1. The van der Waals surface area contributed by atoms with Gasteiger partial charge < -0.3 is 14.2 Å². The van der Waals surface area contributed by atoms with E-state index in [1.165, 1.54) is 5.56 Å². The number of carbonyl (C=O) groups is 1. The van der Waals surface area contributed by atoms with Crippen molar-refractivity contribution in [2.24, 2.45) is 0 Å². The fraction of sp³-hybridized carbons (Fsp3) is 0.364. The van der Waals surface area contributed by atoms with Gasteiger partial charge in [0, 0.05) is 37.5 Å². The SMILES string of the molecule is O=C(CCc1ccccc1)N1CCCC(OCc2nc(-c3ccncc3)no2)C1. The molecule has 4 rings (SSSR count). The van der Waals surface area contributed by atoms with E-state index in [1.54, 1.807) is 12.4 Å². The van der Waals surface area contributed by atoms with Gasteiger partial charge in [-0.05, 0) is 37.0 Å². The number of nitrogens with zero attached hydrogens (tertiary/aromatic N) is 4. The van der Waals surface area contributed by atoms with Crippen LogP contribution in [-0.2, 0) is 22.6 Å². The minimum absolute atomic E-state index is 0.0132. The summed E-state index contributed by atoms with van der Waals surface area (Å²) in [6.45, 7) is 1.65. The smallest absolute Gasteiger partial charge is 0.252 e. The van der Waals surface area contributed by atoms with E-state index in [-0.39, 0.29) is 18.6 Å². The zero-order chi connectivity index (χ0) is 19.9. The molecule has 0 radical (unpaired) electrons. The van der Waals surface area contributed by atoms with Crippen LogP contribution in [0.1, 0.15) is 30.7 Å². The molecule has 3 aromatic rings. The first-order valence-corrected chi connectivity index (χ1v) is 9.94. The standard InChI is InChI=1S/C22H24N4O3/c27-21(9-8-17-5-2-1-3-6-17)26-14-4-7-19(15-26)28-16-20-24-22(25-29-20)18-10-12-23-13-11-18/h1-3,5-6,10-13,19H,4,7-9,14-16H2. The fourth-order valence-electron chi connectivity index (χ4n) is 3.48. The summed E-state index contributed by atoms with van der Waals surface area (Å²) in [6.07, 6.45) is 6.51. The quantitative estimate of drug-likeness (QED) is 0.614. The van der Waals surface area contributed by atoms with E-state index in [1.807, 2.05) is 35.2 Å². The molecule has 0 spiro atoms. The zero-order valence-electron chi connectivity index (χ0n) is 16.2. The average molecular weight is 392 g/mol. The summed E-state index contributed by atoms with van der Waals surface area (Å²) in [4.78, 5) is 22.8. The molecule has 1 fully saturated rings. The molecule has 0 aliphatic carbocycles. The molecule has 0 saturated carbocycles. The van der Waals surface area contributed by atoms with Crippen LogP contribution in [0.25, 0.3) is 11.4 Å². The van der Waals surface area contributed by atoms with Crippen molar-refractivity contribution in [2.75, 3.05) is 13.1 Å². The Morgan fingerprint density at radius 1 is 1.17 bits per heavy atom. The van der Waals surface area contributed by atoms with Crippen LogP contribution in [0.5, 0.6) is 0 Å². The van der Waals surface area contributed by atoms with Crippen molar-refractivity contribution in [2.45, 2.75) is 38.4 Å². The lowest BCUT2D eigenvalue weighted by atomic mass is 10.1. The molecule has 7 heteroatoms. The first kappa shape index (κ1) is 19.3. The molecule has 29 heavy (non-hydrogen) atoms. The van der Waals surface area contributed by atoms with Crippen molar-refractivity contribution in [1.29, 1.82) is 0 Å². The van der Waals surface area contributed by atoms with E-state index >= 15 is 0 Å². The number of hydrogen-bond acceptors (Lipinski definition) is 6. The van der Waals surface area contributed by atoms with Gasteiger partial charge in [-0.2, -0.15) is 4.98 Å². The van der Waals surface area contributed by atoms with Gasteiger partial charge in [-0.1, -0.05) is 35.5 Å². The minimum atomic E-state index is -0.0132. The maximum Gasteiger partial charge on any atom is 0.252 e. The highest BCUT2D eigenvalue weighted by Crippen LogP contribution is 2.18. The summed E-state index contributed by atoms with van der Waals surface area (Å²) >= 11 is 0. The molecule has 1 atom stereocenters. The number of rotatable bonds is 7. The summed E-state index contributed by atoms with van der Waals surface area (Å²) in [5.41, 5.74) is 2.04. The van der Waals surface area contributed by atoms with E-state index in [0.29, 0.717) is 24.7 Å². The molecular weight excluding hydrogens is 368 g/mol. The van der Waals surface area contributed by atoms with Crippen LogP contribution in [0.15, 0.2) is 59.4 Å². The first-order valence-electron chi connectivity index (χ1n) is 9.94. The predicted molar refractivity (Wildman–Crippen MR) is 107 cm³/mol. The lowest BCUT2D eigenvalue weighted by Crippen LogP contribution is -2.43. The second-order valence-corrected chi connectivity index (χ2v) is 7.15. The maximum absolute atomic E-state index is 12.6. The van der Waals surface area contributed by atoms with Crippen LogP contribution >= 0.6 is 0 Å². The van der Waals surface area contributed by atoms with Crippen molar-refractivity contribution in [3.8, 4) is 11.4 Å². The second kappa shape index (κ2) is 9.43. The number of aromatic nitrogens is 3. The molecule has 150 valence electrons. The third-order valence-electron chi connectivity index (χ3n) is 5.05. The first-order chi connectivity index (χ1) is 14.3. The molecule has 2 aromatic heterocycles. The Labute approximate surface area is 169 Å². The Kier molecular flexibility index (Phi) is 6.26. The van der Waals surface area contributed by atoms with Crippen LogP contribution < -0.4 is 0 Å². The van der Waals surface area contributed by atoms with Gasteiger partial charge in [-0.25, -0.2) is 0 Å². The van der Waals surface area contributed by atoms with Crippen molar-refractivity contribution < 1.29 is 14.1 Å². The number of hydrogen-bond donors (Lipinski definition) is 0. The number of aryl methyl sites for hydroxylation is 1. The highest BCUT2D eigenvalue weighted by Gasteiger charge is 2.24. The Balaban J connectivity index is 1.26. The third-order valence-corrected chi connectivity index (χ3v) is 5.05. The molecule has 0 bridgehead atoms. The third kappa shape index (κ3) is 5.26. The van der Waals surface area contributed by atoms with E-state index in [9.17, 15) is 4.79 Å². The van der Waals surface area contributed by atoms with E-state index in [0.717, 1.165) is 31.4 Å². The number of benzene rings is 1. The van der Waals surface area contributed by atoms with Gasteiger partial charge in [0.2, 0.25) is 11.7 Å². The molecule has 1 saturated heterocycles. The van der Waals surface area contributed by atoms with E-state index < -0.39 is 0 Å². The van der Waals surface area contributed by atoms with Crippen molar-refractivity contribution in [3.63, 3.8) is 0 Å². The Hall–Kier alpha value is -3.06.